The van der Waals surface area contributed by atoms with Crippen LogP contribution in [0, 0.1) is 0 Å². The van der Waals surface area contributed by atoms with Crippen molar-refractivity contribution in [3.63, 3.8) is 0 Å². The fourth-order valence-corrected chi connectivity index (χ4v) is 2.54. The number of rotatable bonds is 2. The van der Waals surface area contributed by atoms with Gasteiger partial charge in [0.05, 0.1) is 0 Å². The largest absolute Gasteiger partial charge is 0.486 e. The standard InChI is InChI=1S/C17H14O5/c18-17(11-1-3-13-15(9-11)21-7-5-19-13)12-2-4-14-16(10-12)22-8-6-20-14/h1-4,9-10H,5-8H2. The van der Waals surface area contributed by atoms with Crippen LogP contribution in [0.25, 0.3) is 0 Å². The molecule has 2 aromatic carbocycles. The Morgan fingerprint density at radius 2 is 1.05 bits per heavy atom. The number of carbonyl (C=O) groups is 1. The van der Waals surface area contributed by atoms with Crippen molar-refractivity contribution in [2.75, 3.05) is 26.4 Å². The second-order valence-electron chi connectivity index (χ2n) is 5.05. The molecule has 4 rings (SSSR count). The van der Waals surface area contributed by atoms with E-state index in [1.165, 1.54) is 0 Å². The van der Waals surface area contributed by atoms with Crippen molar-refractivity contribution in [3.05, 3.63) is 47.5 Å². The minimum atomic E-state index is -0.0889. The lowest BCUT2D eigenvalue weighted by Crippen LogP contribution is -2.16. The van der Waals surface area contributed by atoms with Crippen LogP contribution in [0.4, 0.5) is 0 Å². The first-order valence-electron chi connectivity index (χ1n) is 7.15. The average Bonchev–Trinajstić information content (AvgIpc) is 2.60. The lowest BCUT2D eigenvalue weighted by Gasteiger charge is -2.19. The monoisotopic (exact) mass is 298 g/mol. The van der Waals surface area contributed by atoms with Crippen molar-refractivity contribution in [2.45, 2.75) is 0 Å². The molecule has 0 saturated carbocycles. The molecule has 2 aromatic rings. The highest BCUT2D eigenvalue weighted by Crippen LogP contribution is 2.34. The summed E-state index contributed by atoms with van der Waals surface area (Å²) in [5.41, 5.74) is 1.11. The summed E-state index contributed by atoms with van der Waals surface area (Å²) >= 11 is 0. The highest BCUT2D eigenvalue weighted by Gasteiger charge is 2.18. The van der Waals surface area contributed by atoms with Crippen LogP contribution in [0.3, 0.4) is 0 Å². The van der Waals surface area contributed by atoms with E-state index in [0.29, 0.717) is 60.6 Å². The summed E-state index contributed by atoms with van der Waals surface area (Å²) in [6.45, 7) is 2.05. The molecule has 5 heteroatoms. The maximum absolute atomic E-state index is 12.6. The van der Waals surface area contributed by atoms with Crippen LogP contribution >= 0.6 is 0 Å². The number of benzene rings is 2. The zero-order chi connectivity index (χ0) is 14.9. The molecule has 0 spiro atoms. The molecule has 0 unspecified atom stereocenters. The second-order valence-corrected chi connectivity index (χ2v) is 5.05. The Morgan fingerprint density at radius 3 is 1.50 bits per heavy atom. The smallest absolute Gasteiger partial charge is 0.193 e. The van der Waals surface area contributed by atoms with Gasteiger partial charge in [0.1, 0.15) is 26.4 Å². The van der Waals surface area contributed by atoms with Crippen molar-refractivity contribution in [3.8, 4) is 23.0 Å². The number of hydrogen-bond donors (Lipinski definition) is 0. The molecule has 0 amide bonds. The maximum atomic E-state index is 12.6. The normalized spacial score (nSPS) is 15.3. The van der Waals surface area contributed by atoms with Gasteiger partial charge in [0.2, 0.25) is 0 Å². The molecule has 2 aliphatic heterocycles. The summed E-state index contributed by atoms with van der Waals surface area (Å²) < 4.78 is 22.0. The minimum Gasteiger partial charge on any atom is -0.486 e. The van der Waals surface area contributed by atoms with E-state index in [0.717, 1.165) is 0 Å². The van der Waals surface area contributed by atoms with Crippen molar-refractivity contribution in [1.29, 1.82) is 0 Å². The Hall–Kier alpha value is -2.69. The van der Waals surface area contributed by atoms with Crippen LogP contribution in [0.15, 0.2) is 36.4 Å². The Balaban J connectivity index is 1.66. The van der Waals surface area contributed by atoms with Crippen molar-refractivity contribution in [2.24, 2.45) is 0 Å². The van der Waals surface area contributed by atoms with Gasteiger partial charge in [0.15, 0.2) is 28.8 Å². The summed E-state index contributed by atoms with van der Waals surface area (Å²) in [6.07, 6.45) is 0. The van der Waals surface area contributed by atoms with E-state index in [4.69, 9.17) is 18.9 Å². The molecule has 0 aliphatic carbocycles. The fraction of sp³-hybridized carbons (Fsp3) is 0.235. The summed E-state index contributed by atoms with van der Waals surface area (Å²) in [6, 6.07) is 10.4. The average molecular weight is 298 g/mol. The molecule has 0 fully saturated rings. The molecular weight excluding hydrogens is 284 g/mol. The number of carbonyl (C=O) groups excluding carboxylic acids is 1. The first-order valence-corrected chi connectivity index (χ1v) is 7.15. The molecule has 5 nitrogen and oxygen atoms in total. The fourth-order valence-electron chi connectivity index (χ4n) is 2.54. The SMILES string of the molecule is O=C(c1ccc2c(c1)OCCO2)c1ccc2c(c1)OCCO2. The van der Waals surface area contributed by atoms with Crippen molar-refractivity contribution < 1.29 is 23.7 Å². The van der Waals surface area contributed by atoms with Gasteiger partial charge >= 0.3 is 0 Å². The van der Waals surface area contributed by atoms with Crippen LogP contribution in [-0.4, -0.2) is 32.2 Å². The van der Waals surface area contributed by atoms with Gasteiger partial charge in [0.25, 0.3) is 0 Å². The van der Waals surface area contributed by atoms with E-state index in [1.807, 2.05) is 0 Å². The molecule has 0 N–H and O–H groups in total. The van der Waals surface area contributed by atoms with Gasteiger partial charge in [-0.25, -0.2) is 0 Å². The first-order chi connectivity index (χ1) is 10.8. The van der Waals surface area contributed by atoms with Crippen LogP contribution < -0.4 is 18.9 Å². The van der Waals surface area contributed by atoms with Crippen LogP contribution in [0.1, 0.15) is 15.9 Å². The molecule has 2 aliphatic rings. The van der Waals surface area contributed by atoms with E-state index >= 15 is 0 Å². The summed E-state index contributed by atoms with van der Waals surface area (Å²) in [7, 11) is 0. The van der Waals surface area contributed by atoms with Gasteiger partial charge in [0, 0.05) is 11.1 Å². The van der Waals surface area contributed by atoms with Crippen LogP contribution in [-0.2, 0) is 0 Å². The maximum Gasteiger partial charge on any atom is 0.193 e. The zero-order valence-corrected chi connectivity index (χ0v) is 11.8. The summed E-state index contributed by atoms with van der Waals surface area (Å²) in [5.74, 6) is 2.47. The number of ketones is 1. The molecular formula is C17H14O5. The van der Waals surface area contributed by atoms with E-state index in [2.05, 4.69) is 0 Å². The van der Waals surface area contributed by atoms with Gasteiger partial charge < -0.3 is 18.9 Å². The summed E-state index contributed by atoms with van der Waals surface area (Å²) in [5, 5.41) is 0. The second kappa shape index (κ2) is 5.26. The molecule has 112 valence electrons. The van der Waals surface area contributed by atoms with E-state index < -0.39 is 0 Å². The predicted octanol–water partition coefficient (Wildman–Crippen LogP) is 2.46. The van der Waals surface area contributed by atoms with Gasteiger partial charge in [-0.1, -0.05) is 0 Å². The first kappa shape index (κ1) is 13.0. The van der Waals surface area contributed by atoms with Gasteiger partial charge in [-0.2, -0.15) is 0 Å². The lowest BCUT2D eigenvalue weighted by atomic mass is 10.0. The predicted molar refractivity (Wildman–Crippen MR) is 78.3 cm³/mol. The van der Waals surface area contributed by atoms with Crippen molar-refractivity contribution in [1.82, 2.24) is 0 Å². The molecule has 2 heterocycles. The van der Waals surface area contributed by atoms with E-state index in [9.17, 15) is 4.79 Å². The van der Waals surface area contributed by atoms with Gasteiger partial charge in [-0.05, 0) is 36.4 Å². The van der Waals surface area contributed by atoms with Crippen molar-refractivity contribution >= 4 is 5.78 Å². The zero-order valence-electron chi connectivity index (χ0n) is 11.8. The third-order valence-corrected chi connectivity index (χ3v) is 3.61. The number of hydrogen-bond acceptors (Lipinski definition) is 5. The van der Waals surface area contributed by atoms with E-state index in [1.54, 1.807) is 36.4 Å². The van der Waals surface area contributed by atoms with Gasteiger partial charge in [-0.15, -0.1) is 0 Å². The highest BCUT2D eigenvalue weighted by molar-refractivity contribution is 6.09. The highest BCUT2D eigenvalue weighted by atomic mass is 16.6. The Bertz CT molecular complexity index is 676. The van der Waals surface area contributed by atoms with Crippen LogP contribution in [0.2, 0.25) is 0 Å². The van der Waals surface area contributed by atoms with Gasteiger partial charge in [-0.3, -0.25) is 4.79 Å². The van der Waals surface area contributed by atoms with Crippen LogP contribution in [0.5, 0.6) is 23.0 Å². The third kappa shape index (κ3) is 2.24. The number of ether oxygens (including phenoxy) is 4. The molecule has 0 radical (unpaired) electrons. The molecule has 0 bridgehead atoms. The lowest BCUT2D eigenvalue weighted by molar-refractivity contribution is 0.103. The Labute approximate surface area is 127 Å². The van der Waals surface area contributed by atoms with E-state index in [-0.39, 0.29) is 5.78 Å². The topological polar surface area (TPSA) is 54.0 Å². The third-order valence-electron chi connectivity index (χ3n) is 3.61. The molecule has 0 atom stereocenters. The Kier molecular flexibility index (Phi) is 3.11. The molecule has 0 saturated heterocycles. The summed E-state index contributed by atoms with van der Waals surface area (Å²) in [4.78, 5) is 12.6. The Morgan fingerprint density at radius 1 is 0.636 bits per heavy atom. The minimum absolute atomic E-state index is 0.0889. The quantitative estimate of drug-likeness (QED) is 0.797. The number of fused-ring (bicyclic) bond motifs is 2. The molecule has 0 aromatic heterocycles. The molecule has 22 heavy (non-hydrogen) atoms.